The summed E-state index contributed by atoms with van der Waals surface area (Å²) in [5.41, 5.74) is 7.03. The van der Waals surface area contributed by atoms with E-state index in [1.54, 1.807) is 36.1 Å². The molecule has 0 bridgehead atoms. The van der Waals surface area contributed by atoms with Crippen LogP contribution in [0.15, 0.2) is 24.3 Å². The molecule has 4 atom stereocenters. The molecule has 0 saturated carbocycles. The van der Waals surface area contributed by atoms with E-state index in [1.165, 1.54) is 11.8 Å². The number of thioether (sulfide) groups is 1. The number of aliphatic carboxylic acids is 1. The van der Waals surface area contributed by atoms with Gasteiger partial charge in [0.2, 0.25) is 5.91 Å². The van der Waals surface area contributed by atoms with Crippen molar-refractivity contribution in [3.63, 3.8) is 0 Å². The van der Waals surface area contributed by atoms with Crippen molar-refractivity contribution in [3.8, 4) is 0 Å². The first-order chi connectivity index (χ1) is 10.8. The van der Waals surface area contributed by atoms with E-state index in [2.05, 4.69) is 5.32 Å². The number of aliphatic hydroxyl groups is 1. The highest BCUT2D eigenvalue weighted by Crippen LogP contribution is 2.50. The molecule has 1 aromatic carbocycles. The topological polar surface area (TPSA) is 116 Å². The van der Waals surface area contributed by atoms with E-state index in [0.717, 1.165) is 5.69 Å². The third-order valence-corrected chi connectivity index (χ3v) is 6.04. The number of rotatable bonds is 5. The van der Waals surface area contributed by atoms with E-state index in [4.69, 9.17) is 5.73 Å². The zero-order chi connectivity index (χ0) is 16.8. The molecule has 23 heavy (non-hydrogen) atoms. The van der Waals surface area contributed by atoms with Gasteiger partial charge in [0.1, 0.15) is 4.75 Å². The van der Waals surface area contributed by atoms with E-state index in [1.807, 2.05) is 0 Å². The van der Waals surface area contributed by atoms with Crippen molar-refractivity contribution in [3.05, 3.63) is 24.3 Å². The lowest BCUT2D eigenvalue weighted by atomic mass is 9.92. The maximum Gasteiger partial charge on any atom is 0.323 e. The molecule has 8 heteroatoms. The number of anilines is 2. The fourth-order valence-electron chi connectivity index (χ4n) is 2.98. The molecule has 0 aromatic heterocycles. The van der Waals surface area contributed by atoms with Gasteiger partial charge < -0.3 is 26.2 Å². The number of carboxylic acid groups (broad SMARTS) is 1. The quantitative estimate of drug-likeness (QED) is 0.454. The van der Waals surface area contributed by atoms with Crippen molar-refractivity contribution in [2.75, 3.05) is 24.1 Å². The largest absolute Gasteiger partial charge is 0.480 e. The molecule has 124 valence electrons. The van der Waals surface area contributed by atoms with Gasteiger partial charge in [0.25, 0.3) is 0 Å². The van der Waals surface area contributed by atoms with Crippen molar-refractivity contribution >= 4 is 35.0 Å². The third kappa shape index (κ3) is 2.61. The highest BCUT2D eigenvalue weighted by atomic mass is 32.2. The predicted octanol–water partition coefficient (Wildman–Crippen LogP) is 0.416. The van der Waals surface area contributed by atoms with Crippen LogP contribution in [0.25, 0.3) is 0 Å². The van der Waals surface area contributed by atoms with Gasteiger partial charge in [-0.15, -0.1) is 11.8 Å². The lowest BCUT2D eigenvalue weighted by Crippen LogP contribution is -2.60. The zero-order valence-corrected chi connectivity index (χ0v) is 13.4. The SMILES string of the molecule is C[C@@H](O)[C@H]1C(=O)N2CC(CNc3ccc(N)cc3)(C(=O)O)S[C@H]12. The zero-order valence-electron chi connectivity index (χ0n) is 12.6. The summed E-state index contributed by atoms with van der Waals surface area (Å²) in [6.07, 6.45) is -0.772. The van der Waals surface area contributed by atoms with Crippen molar-refractivity contribution in [1.82, 2.24) is 4.90 Å². The van der Waals surface area contributed by atoms with Gasteiger partial charge in [0.05, 0.1) is 17.4 Å². The molecule has 2 fully saturated rings. The standard InChI is InChI=1S/C15H19N3O4S/c1-8(19)11-12(20)18-7-15(14(21)22,23-13(11)18)6-17-10-4-2-9(16)3-5-10/h2-5,8,11,13,17,19H,6-7,16H2,1H3,(H,21,22)/t8-,11+,13-,15?/m1/s1. The van der Waals surface area contributed by atoms with Gasteiger partial charge in [-0.3, -0.25) is 9.59 Å². The first-order valence-corrected chi connectivity index (χ1v) is 8.21. The predicted molar refractivity (Wildman–Crippen MR) is 88.0 cm³/mol. The number of amides is 1. The van der Waals surface area contributed by atoms with Gasteiger partial charge in [-0.25, -0.2) is 0 Å². The molecule has 2 heterocycles. The molecule has 7 nitrogen and oxygen atoms in total. The molecular formula is C15H19N3O4S. The van der Waals surface area contributed by atoms with Crippen LogP contribution < -0.4 is 11.1 Å². The number of nitrogens with zero attached hydrogens (tertiary/aromatic N) is 1. The highest BCUT2D eigenvalue weighted by Gasteiger charge is 2.62. The van der Waals surface area contributed by atoms with E-state index < -0.39 is 22.7 Å². The number of nitrogens with one attached hydrogen (secondary N) is 1. The minimum atomic E-state index is -1.12. The Labute approximate surface area is 137 Å². The number of benzene rings is 1. The maximum atomic E-state index is 12.0. The number of carboxylic acids is 1. The normalized spacial score (nSPS) is 30.5. The van der Waals surface area contributed by atoms with Crippen LogP contribution in [0.4, 0.5) is 11.4 Å². The molecular weight excluding hydrogens is 318 g/mol. The van der Waals surface area contributed by atoms with Crippen LogP contribution in [0.3, 0.4) is 0 Å². The lowest BCUT2D eigenvalue weighted by Gasteiger charge is -2.42. The first kappa shape index (κ1) is 15.9. The Kier molecular flexibility index (Phi) is 3.89. The fraction of sp³-hybridized carbons (Fsp3) is 0.467. The number of carbonyl (C=O) groups is 2. The molecule has 1 aromatic rings. The van der Waals surface area contributed by atoms with Crippen molar-refractivity contribution in [2.45, 2.75) is 23.1 Å². The average Bonchev–Trinajstić information content (AvgIpc) is 2.82. The van der Waals surface area contributed by atoms with Crippen LogP contribution in [0.1, 0.15) is 6.92 Å². The monoisotopic (exact) mass is 337 g/mol. The minimum absolute atomic E-state index is 0.141. The Balaban J connectivity index is 1.73. The summed E-state index contributed by atoms with van der Waals surface area (Å²) in [6.45, 7) is 1.89. The summed E-state index contributed by atoms with van der Waals surface area (Å²) in [6, 6.07) is 7.03. The summed E-state index contributed by atoms with van der Waals surface area (Å²) in [5, 5.41) is 22.2. The minimum Gasteiger partial charge on any atom is -0.480 e. The molecule has 2 saturated heterocycles. The number of hydrogen-bond donors (Lipinski definition) is 4. The van der Waals surface area contributed by atoms with E-state index in [9.17, 15) is 19.8 Å². The number of nitrogen functional groups attached to an aromatic ring is 1. The van der Waals surface area contributed by atoms with Gasteiger partial charge in [-0.2, -0.15) is 0 Å². The molecule has 0 radical (unpaired) electrons. The Hall–Kier alpha value is -1.93. The summed E-state index contributed by atoms with van der Waals surface area (Å²) < 4.78 is -1.12. The second kappa shape index (κ2) is 5.61. The number of hydrogen-bond acceptors (Lipinski definition) is 6. The molecule has 0 spiro atoms. The van der Waals surface area contributed by atoms with Gasteiger partial charge in [0, 0.05) is 24.5 Å². The van der Waals surface area contributed by atoms with E-state index in [0.29, 0.717) is 5.69 Å². The van der Waals surface area contributed by atoms with Gasteiger partial charge in [-0.1, -0.05) is 0 Å². The lowest BCUT2D eigenvalue weighted by molar-refractivity contribution is -0.156. The van der Waals surface area contributed by atoms with Crippen LogP contribution in [0.2, 0.25) is 0 Å². The highest BCUT2D eigenvalue weighted by molar-refractivity contribution is 8.02. The van der Waals surface area contributed by atoms with Crippen LogP contribution in [-0.4, -0.2) is 56.3 Å². The van der Waals surface area contributed by atoms with Crippen LogP contribution in [-0.2, 0) is 9.59 Å². The molecule has 3 rings (SSSR count). The van der Waals surface area contributed by atoms with E-state index in [-0.39, 0.29) is 24.4 Å². The van der Waals surface area contributed by atoms with Crippen molar-refractivity contribution in [1.29, 1.82) is 0 Å². The first-order valence-electron chi connectivity index (χ1n) is 7.33. The maximum absolute atomic E-state index is 12.0. The summed E-state index contributed by atoms with van der Waals surface area (Å²) in [7, 11) is 0. The van der Waals surface area contributed by atoms with Gasteiger partial charge >= 0.3 is 5.97 Å². The fourth-order valence-corrected chi connectivity index (χ4v) is 4.71. The Bertz CT molecular complexity index is 636. The molecule has 2 aliphatic rings. The Morgan fingerprint density at radius 3 is 2.74 bits per heavy atom. The second-order valence-corrected chi connectivity index (χ2v) is 7.52. The van der Waals surface area contributed by atoms with Crippen LogP contribution in [0.5, 0.6) is 0 Å². The molecule has 1 unspecified atom stereocenters. The third-order valence-electron chi connectivity index (χ3n) is 4.35. The number of aliphatic hydroxyl groups excluding tert-OH is 1. The second-order valence-electron chi connectivity index (χ2n) is 6.02. The van der Waals surface area contributed by atoms with Crippen molar-refractivity contribution in [2.24, 2.45) is 5.92 Å². The number of fused-ring (bicyclic) bond motifs is 1. The van der Waals surface area contributed by atoms with Crippen molar-refractivity contribution < 1.29 is 19.8 Å². The molecule has 2 aliphatic heterocycles. The van der Waals surface area contributed by atoms with Gasteiger partial charge in [0.15, 0.2) is 0 Å². The number of β-lactam (4-membered cyclic amide) rings is 1. The Morgan fingerprint density at radius 1 is 1.52 bits per heavy atom. The number of carbonyl (C=O) groups excluding carboxylic acids is 1. The smallest absolute Gasteiger partial charge is 0.323 e. The Morgan fingerprint density at radius 2 is 2.17 bits per heavy atom. The molecule has 5 N–H and O–H groups in total. The average molecular weight is 337 g/mol. The molecule has 1 amide bonds. The van der Waals surface area contributed by atoms with Gasteiger partial charge in [-0.05, 0) is 31.2 Å². The summed E-state index contributed by atoms with van der Waals surface area (Å²) >= 11 is 1.24. The molecule has 0 aliphatic carbocycles. The van der Waals surface area contributed by atoms with Crippen LogP contribution in [0, 0.1) is 5.92 Å². The summed E-state index contributed by atoms with van der Waals surface area (Å²) in [4.78, 5) is 25.4. The van der Waals surface area contributed by atoms with E-state index >= 15 is 0 Å². The summed E-state index contributed by atoms with van der Waals surface area (Å²) in [5.74, 6) is -1.65. The van der Waals surface area contributed by atoms with Crippen LogP contribution >= 0.6 is 11.8 Å². The number of nitrogens with two attached hydrogens (primary N) is 1.